The van der Waals surface area contributed by atoms with Crippen LogP contribution in [-0.4, -0.2) is 59.4 Å². The molecule has 0 aliphatic carbocycles. The van der Waals surface area contributed by atoms with Gasteiger partial charge in [0.1, 0.15) is 0 Å². The number of pyridine rings is 2. The van der Waals surface area contributed by atoms with Crippen molar-refractivity contribution in [2.24, 2.45) is 0 Å². The summed E-state index contributed by atoms with van der Waals surface area (Å²) in [7, 11) is 0. The number of aromatic nitrogens is 2. The summed E-state index contributed by atoms with van der Waals surface area (Å²) >= 11 is 0. The van der Waals surface area contributed by atoms with E-state index in [1.807, 2.05) is 30.5 Å². The Morgan fingerprint density at radius 1 is 0.848 bits per heavy atom. The molecule has 1 fully saturated rings. The lowest BCUT2D eigenvalue weighted by Crippen LogP contribution is -2.50. The van der Waals surface area contributed by atoms with Crippen molar-refractivity contribution < 1.29 is 9.59 Å². The van der Waals surface area contributed by atoms with Crippen LogP contribution >= 0.6 is 0 Å². The lowest BCUT2D eigenvalue weighted by atomic mass is 10.1. The largest absolute Gasteiger partial charge is 0.369 e. The summed E-state index contributed by atoms with van der Waals surface area (Å²) in [5, 5.41) is 5.42. The quantitative estimate of drug-likeness (QED) is 0.540. The maximum absolute atomic E-state index is 12.4. The van der Waals surface area contributed by atoms with Crippen molar-refractivity contribution in [3.8, 4) is 0 Å². The number of rotatable bonds is 7. The lowest BCUT2D eigenvalue weighted by molar-refractivity contribution is -0.139. The minimum Gasteiger partial charge on any atom is -0.369 e. The molecule has 1 aromatic carbocycles. The van der Waals surface area contributed by atoms with E-state index in [1.54, 1.807) is 24.5 Å². The molecule has 0 spiro atoms. The third-order valence-electron chi connectivity index (χ3n) is 5.76. The molecule has 1 aliphatic heterocycles. The second-order valence-corrected chi connectivity index (χ2v) is 7.87. The van der Waals surface area contributed by atoms with Crippen LogP contribution in [0.5, 0.6) is 0 Å². The lowest BCUT2D eigenvalue weighted by Gasteiger charge is -2.40. The Morgan fingerprint density at radius 2 is 1.61 bits per heavy atom. The fourth-order valence-electron chi connectivity index (χ4n) is 3.98. The molecule has 1 atom stereocenters. The molecule has 3 aromatic rings. The maximum Gasteiger partial charge on any atom is 0.309 e. The van der Waals surface area contributed by atoms with Gasteiger partial charge in [-0.05, 0) is 35.9 Å². The Hall–Kier alpha value is -3.78. The van der Waals surface area contributed by atoms with Crippen molar-refractivity contribution in [3.05, 3.63) is 90.5 Å². The number of piperazine rings is 1. The molecule has 2 amide bonds. The van der Waals surface area contributed by atoms with E-state index in [-0.39, 0.29) is 12.6 Å². The molecular formula is C25H28N6O2. The van der Waals surface area contributed by atoms with Gasteiger partial charge in [-0.2, -0.15) is 0 Å². The summed E-state index contributed by atoms with van der Waals surface area (Å²) in [6, 6.07) is 19.6. The van der Waals surface area contributed by atoms with Gasteiger partial charge >= 0.3 is 11.8 Å². The molecule has 3 heterocycles. The zero-order valence-corrected chi connectivity index (χ0v) is 18.4. The van der Waals surface area contributed by atoms with Gasteiger partial charge in [-0.3, -0.25) is 24.5 Å². The van der Waals surface area contributed by atoms with Gasteiger partial charge < -0.3 is 15.5 Å². The molecule has 8 nitrogen and oxygen atoms in total. The summed E-state index contributed by atoms with van der Waals surface area (Å²) in [4.78, 5) is 37.8. The van der Waals surface area contributed by atoms with E-state index in [0.717, 1.165) is 31.7 Å². The minimum absolute atomic E-state index is 0.0656. The van der Waals surface area contributed by atoms with E-state index >= 15 is 0 Å². The van der Waals surface area contributed by atoms with E-state index in [9.17, 15) is 9.59 Å². The van der Waals surface area contributed by atoms with Gasteiger partial charge in [0, 0.05) is 57.0 Å². The average Bonchev–Trinajstić information content (AvgIpc) is 2.89. The highest BCUT2D eigenvalue weighted by atomic mass is 16.2. The van der Waals surface area contributed by atoms with E-state index < -0.39 is 11.8 Å². The zero-order chi connectivity index (χ0) is 22.9. The number of hydrogen-bond donors (Lipinski definition) is 2. The SMILES string of the molecule is O=C(NCc1ccccn1)C(=O)NCC(c1cccnc1)N1CCN(c2ccccc2)CC1. The maximum atomic E-state index is 12.4. The Kier molecular flexibility index (Phi) is 7.60. The number of para-hydroxylation sites is 1. The third kappa shape index (κ3) is 6.14. The van der Waals surface area contributed by atoms with E-state index in [0.29, 0.717) is 12.2 Å². The molecule has 2 aromatic heterocycles. The van der Waals surface area contributed by atoms with Crippen molar-refractivity contribution in [3.63, 3.8) is 0 Å². The number of amides is 2. The van der Waals surface area contributed by atoms with Crippen molar-refractivity contribution in [2.75, 3.05) is 37.6 Å². The molecule has 1 aliphatic rings. The van der Waals surface area contributed by atoms with Crippen LogP contribution in [0.1, 0.15) is 17.3 Å². The minimum atomic E-state index is -0.667. The van der Waals surface area contributed by atoms with Gasteiger partial charge in [-0.25, -0.2) is 0 Å². The number of nitrogens with zero attached hydrogens (tertiary/aromatic N) is 4. The number of anilines is 1. The van der Waals surface area contributed by atoms with Crippen LogP contribution in [0.25, 0.3) is 0 Å². The average molecular weight is 445 g/mol. The number of carbonyl (C=O) groups excluding carboxylic acids is 2. The van der Waals surface area contributed by atoms with Crippen LogP contribution < -0.4 is 15.5 Å². The van der Waals surface area contributed by atoms with Crippen LogP contribution in [0, 0.1) is 0 Å². The van der Waals surface area contributed by atoms with E-state index in [2.05, 4.69) is 54.7 Å². The molecule has 0 saturated carbocycles. The van der Waals surface area contributed by atoms with Crippen molar-refractivity contribution in [2.45, 2.75) is 12.6 Å². The fourth-order valence-corrected chi connectivity index (χ4v) is 3.98. The highest BCUT2D eigenvalue weighted by molar-refractivity contribution is 6.35. The summed E-state index contributed by atoms with van der Waals surface area (Å²) in [6.45, 7) is 4.00. The van der Waals surface area contributed by atoms with Gasteiger partial charge in [0.2, 0.25) is 0 Å². The van der Waals surface area contributed by atoms with Crippen LogP contribution in [0.4, 0.5) is 5.69 Å². The fraction of sp³-hybridized carbons (Fsp3) is 0.280. The highest BCUT2D eigenvalue weighted by Gasteiger charge is 2.26. The Labute approximate surface area is 193 Å². The molecular weight excluding hydrogens is 416 g/mol. The molecule has 1 unspecified atom stereocenters. The van der Waals surface area contributed by atoms with E-state index in [4.69, 9.17) is 0 Å². The highest BCUT2D eigenvalue weighted by Crippen LogP contribution is 2.23. The first-order valence-corrected chi connectivity index (χ1v) is 11.1. The molecule has 1 saturated heterocycles. The van der Waals surface area contributed by atoms with Gasteiger partial charge in [-0.1, -0.05) is 30.3 Å². The second-order valence-electron chi connectivity index (χ2n) is 7.87. The predicted octanol–water partition coefficient (Wildman–Crippen LogP) is 1.77. The summed E-state index contributed by atoms with van der Waals surface area (Å²) in [5.41, 5.74) is 2.93. The van der Waals surface area contributed by atoms with Gasteiger partial charge in [0.05, 0.1) is 18.3 Å². The van der Waals surface area contributed by atoms with Crippen molar-refractivity contribution in [1.29, 1.82) is 0 Å². The number of nitrogens with one attached hydrogen (secondary N) is 2. The van der Waals surface area contributed by atoms with Gasteiger partial charge in [-0.15, -0.1) is 0 Å². The molecule has 2 N–H and O–H groups in total. The topological polar surface area (TPSA) is 90.5 Å². The Morgan fingerprint density at radius 3 is 2.30 bits per heavy atom. The standard InChI is InChI=1S/C25H28N6O2/c32-24(28-18-21-8-4-5-12-27-21)25(33)29-19-23(20-7-6-11-26-17-20)31-15-13-30(14-16-31)22-9-2-1-3-10-22/h1-12,17,23H,13-16,18-19H2,(H,28,32)(H,29,33). The molecule has 0 bridgehead atoms. The smallest absolute Gasteiger partial charge is 0.309 e. The van der Waals surface area contributed by atoms with Crippen molar-refractivity contribution in [1.82, 2.24) is 25.5 Å². The molecule has 170 valence electrons. The molecule has 4 rings (SSSR count). The summed E-state index contributed by atoms with van der Waals surface area (Å²) < 4.78 is 0. The first-order valence-electron chi connectivity index (χ1n) is 11.1. The monoisotopic (exact) mass is 444 g/mol. The van der Waals surface area contributed by atoms with Crippen LogP contribution in [0.3, 0.4) is 0 Å². The van der Waals surface area contributed by atoms with Gasteiger partial charge in [0.15, 0.2) is 0 Å². The van der Waals surface area contributed by atoms with Crippen LogP contribution in [0.2, 0.25) is 0 Å². The molecule has 8 heteroatoms. The van der Waals surface area contributed by atoms with Crippen molar-refractivity contribution >= 4 is 17.5 Å². The number of hydrogen-bond acceptors (Lipinski definition) is 6. The third-order valence-corrected chi connectivity index (χ3v) is 5.76. The first-order chi connectivity index (χ1) is 16.2. The normalized spacial score (nSPS) is 15.0. The predicted molar refractivity (Wildman–Crippen MR) is 126 cm³/mol. The van der Waals surface area contributed by atoms with E-state index in [1.165, 1.54) is 5.69 Å². The van der Waals surface area contributed by atoms with Gasteiger partial charge in [0.25, 0.3) is 0 Å². The first kappa shape index (κ1) is 22.4. The molecule has 33 heavy (non-hydrogen) atoms. The molecule has 0 radical (unpaired) electrons. The summed E-state index contributed by atoms with van der Waals surface area (Å²) in [6.07, 6.45) is 5.21. The zero-order valence-electron chi connectivity index (χ0n) is 18.4. The Bertz CT molecular complexity index is 1020. The number of benzene rings is 1. The number of carbonyl (C=O) groups is 2. The summed E-state index contributed by atoms with van der Waals surface area (Å²) in [5.74, 6) is -1.32. The van der Waals surface area contributed by atoms with Crippen LogP contribution in [0.15, 0.2) is 79.3 Å². The Balaban J connectivity index is 1.34. The second kappa shape index (κ2) is 11.2. The van der Waals surface area contributed by atoms with Crippen LogP contribution in [-0.2, 0) is 16.1 Å².